The van der Waals surface area contributed by atoms with Crippen LogP contribution in [0.2, 0.25) is 0 Å². The van der Waals surface area contributed by atoms with Crippen molar-refractivity contribution in [1.82, 2.24) is 14.9 Å². The molecule has 0 spiro atoms. The van der Waals surface area contributed by atoms with Crippen LogP contribution >= 0.6 is 0 Å². The average Bonchev–Trinajstić information content (AvgIpc) is 2.37. The van der Waals surface area contributed by atoms with Gasteiger partial charge in [-0.1, -0.05) is 10.5 Å². The van der Waals surface area contributed by atoms with Crippen LogP contribution in [-0.2, 0) is 14.9 Å². The number of amides is 1. The first-order valence-corrected chi connectivity index (χ1v) is 6.84. The molecule has 0 unspecified atom stereocenters. The van der Waals surface area contributed by atoms with Gasteiger partial charge in [0.05, 0.1) is 12.0 Å². The van der Waals surface area contributed by atoms with Crippen molar-refractivity contribution >= 4 is 15.9 Å². The fourth-order valence-corrected chi connectivity index (χ4v) is 2.33. The first-order chi connectivity index (χ1) is 8.78. The second kappa shape index (κ2) is 6.11. The number of hydrogen-bond donors (Lipinski definition) is 1. The van der Waals surface area contributed by atoms with E-state index in [1.165, 1.54) is 43.4 Å². The molecule has 0 heterocycles. The highest BCUT2D eigenvalue weighted by Crippen LogP contribution is 2.15. The van der Waals surface area contributed by atoms with Crippen LogP contribution in [0.4, 0.5) is 0 Å². The van der Waals surface area contributed by atoms with Crippen molar-refractivity contribution in [1.29, 1.82) is 0 Å². The smallest absolute Gasteiger partial charge is 0.265 e. The van der Waals surface area contributed by atoms with Gasteiger partial charge in [0.1, 0.15) is 0 Å². The van der Waals surface area contributed by atoms with Crippen molar-refractivity contribution in [2.75, 3.05) is 28.3 Å². The minimum atomic E-state index is -3.76. The van der Waals surface area contributed by atoms with E-state index in [1.807, 2.05) is 0 Å². The van der Waals surface area contributed by atoms with Crippen LogP contribution in [0.25, 0.3) is 0 Å². The molecule has 8 heteroatoms. The molecule has 19 heavy (non-hydrogen) atoms. The van der Waals surface area contributed by atoms with E-state index in [0.29, 0.717) is 0 Å². The van der Waals surface area contributed by atoms with Gasteiger partial charge in [-0.2, -0.15) is 0 Å². The van der Waals surface area contributed by atoms with Gasteiger partial charge in [0.2, 0.25) is 0 Å². The summed E-state index contributed by atoms with van der Waals surface area (Å²) in [7, 11) is 2.10. The Hall–Kier alpha value is -1.48. The number of benzene rings is 1. The molecule has 0 bridgehead atoms. The summed E-state index contributed by atoms with van der Waals surface area (Å²) in [4.78, 5) is 16.4. The molecular formula is C11H17N3O4S. The predicted octanol–water partition coefficient (Wildman–Crippen LogP) is 0.0749. The molecule has 0 aliphatic carbocycles. The Kier molecular flexibility index (Phi) is 5.01. The fraction of sp³-hybridized carbons (Fsp3) is 0.364. The number of hydroxylamine groups is 1. The van der Waals surface area contributed by atoms with Gasteiger partial charge >= 0.3 is 0 Å². The molecule has 1 rings (SSSR count). The first kappa shape index (κ1) is 15.6. The number of carbonyl (C=O) groups excluding carboxylic acids is 1. The van der Waals surface area contributed by atoms with Gasteiger partial charge in [-0.05, 0) is 18.2 Å². The highest BCUT2D eigenvalue weighted by molar-refractivity contribution is 7.89. The summed E-state index contributed by atoms with van der Waals surface area (Å²) in [6.07, 6.45) is 0. The van der Waals surface area contributed by atoms with Gasteiger partial charge in [0.25, 0.3) is 15.9 Å². The summed E-state index contributed by atoms with van der Waals surface area (Å²) in [5.74, 6) is -0.387. The number of rotatable bonds is 5. The Morgan fingerprint density at radius 3 is 2.42 bits per heavy atom. The lowest BCUT2D eigenvalue weighted by molar-refractivity contribution is -0.0258. The summed E-state index contributed by atoms with van der Waals surface area (Å²) in [6.45, 7) is 0. The Morgan fingerprint density at radius 1 is 1.26 bits per heavy atom. The topological polar surface area (TPSA) is 78.9 Å². The quantitative estimate of drug-likeness (QED) is 0.776. The van der Waals surface area contributed by atoms with Crippen LogP contribution in [0, 0.1) is 0 Å². The molecule has 0 aliphatic heterocycles. The maximum Gasteiger partial charge on any atom is 0.265 e. The molecule has 0 atom stereocenters. The van der Waals surface area contributed by atoms with E-state index in [4.69, 9.17) is 0 Å². The van der Waals surface area contributed by atoms with E-state index in [9.17, 15) is 13.2 Å². The van der Waals surface area contributed by atoms with Crippen molar-refractivity contribution in [3.63, 3.8) is 0 Å². The van der Waals surface area contributed by atoms with Crippen molar-refractivity contribution in [2.45, 2.75) is 4.90 Å². The normalized spacial score (nSPS) is 11.9. The molecule has 106 valence electrons. The third-order valence-corrected chi connectivity index (χ3v) is 3.99. The van der Waals surface area contributed by atoms with Crippen LogP contribution in [0.5, 0.6) is 0 Å². The van der Waals surface area contributed by atoms with Crippen LogP contribution < -0.4 is 5.43 Å². The predicted molar refractivity (Wildman–Crippen MR) is 69.6 cm³/mol. The maximum atomic E-state index is 12.0. The Morgan fingerprint density at radius 2 is 1.89 bits per heavy atom. The molecule has 0 aromatic heterocycles. The van der Waals surface area contributed by atoms with Crippen LogP contribution in [0.15, 0.2) is 29.2 Å². The van der Waals surface area contributed by atoms with Gasteiger partial charge < -0.3 is 0 Å². The molecule has 0 saturated carbocycles. The van der Waals surface area contributed by atoms with Gasteiger partial charge in [0, 0.05) is 26.7 Å². The first-order valence-electron chi connectivity index (χ1n) is 5.40. The number of carbonyl (C=O) groups is 1. The monoisotopic (exact) mass is 287 g/mol. The zero-order chi connectivity index (χ0) is 14.6. The Balaban J connectivity index is 3.11. The van der Waals surface area contributed by atoms with Gasteiger partial charge in [-0.3, -0.25) is 15.1 Å². The molecule has 1 aromatic rings. The van der Waals surface area contributed by atoms with Crippen LogP contribution in [0.3, 0.4) is 0 Å². The SMILES string of the molecule is CON(C)S(=O)(=O)c1cccc(C(=O)NN(C)C)c1. The lowest BCUT2D eigenvalue weighted by atomic mass is 10.2. The van der Waals surface area contributed by atoms with Crippen molar-refractivity contribution in [3.05, 3.63) is 29.8 Å². The minimum absolute atomic E-state index is 0.0109. The highest BCUT2D eigenvalue weighted by Gasteiger charge is 2.21. The van der Waals surface area contributed by atoms with E-state index in [1.54, 1.807) is 14.1 Å². The molecule has 1 N–H and O–H groups in total. The zero-order valence-corrected chi connectivity index (χ0v) is 12.1. The summed E-state index contributed by atoms with van der Waals surface area (Å²) in [6, 6.07) is 5.73. The van der Waals surface area contributed by atoms with Gasteiger partial charge in [-0.15, -0.1) is 0 Å². The average molecular weight is 287 g/mol. The number of hydrazine groups is 1. The second-order valence-corrected chi connectivity index (χ2v) is 5.90. The Labute approximate surface area is 112 Å². The molecular weight excluding hydrogens is 270 g/mol. The summed E-state index contributed by atoms with van der Waals surface area (Å²) in [5, 5.41) is 1.48. The second-order valence-electron chi connectivity index (χ2n) is 3.96. The summed E-state index contributed by atoms with van der Waals surface area (Å²) >= 11 is 0. The highest BCUT2D eigenvalue weighted by atomic mass is 32.2. The number of sulfonamides is 1. The zero-order valence-electron chi connectivity index (χ0n) is 11.2. The Bertz CT molecular complexity index is 557. The number of nitrogens with zero attached hydrogens (tertiary/aromatic N) is 2. The molecule has 0 saturated heterocycles. The molecule has 1 aromatic carbocycles. The van der Waals surface area contributed by atoms with Crippen molar-refractivity contribution < 1.29 is 18.0 Å². The lowest BCUT2D eigenvalue weighted by Gasteiger charge is -2.15. The van der Waals surface area contributed by atoms with Crippen molar-refractivity contribution in [2.24, 2.45) is 0 Å². The van der Waals surface area contributed by atoms with Crippen molar-refractivity contribution in [3.8, 4) is 0 Å². The minimum Gasteiger partial charge on any atom is -0.288 e. The molecule has 1 amide bonds. The lowest BCUT2D eigenvalue weighted by Crippen LogP contribution is -2.36. The maximum absolute atomic E-state index is 12.0. The molecule has 0 radical (unpaired) electrons. The summed E-state index contributed by atoms with van der Waals surface area (Å²) in [5.41, 5.74) is 2.78. The molecule has 0 fully saturated rings. The van der Waals surface area contributed by atoms with Gasteiger partial charge in [0.15, 0.2) is 0 Å². The van der Waals surface area contributed by atoms with Crippen LogP contribution in [-0.4, -0.2) is 52.1 Å². The van der Waals surface area contributed by atoms with E-state index in [2.05, 4.69) is 10.3 Å². The molecule has 0 aliphatic rings. The summed E-state index contributed by atoms with van der Waals surface area (Å²) < 4.78 is 24.8. The number of hydrogen-bond acceptors (Lipinski definition) is 5. The number of nitrogens with one attached hydrogen (secondary N) is 1. The van der Waals surface area contributed by atoms with E-state index >= 15 is 0 Å². The van der Waals surface area contributed by atoms with E-state index in [0.717, 1.165) is 4.47 Å². The van der Waals surface area contributed by atoms with Crippen LogP contribution in [0.1, 0.15) is 10.4 Å². The molecule has 7 nitrogen and oxygen atoms in total. The largest absolute Gasteiger partial charge is 0.288 e. The third-order valence-electron chi connectivity index (χ3n) is 2.31. The fourth-order valence-electron chi connectivity index (χ4n) is 1.31. The van der Waals surface area contributed by atoms with Gasteiger partial charge in [-0.25, -0.2) is 13.4 Å². The standard InChI is InChI=1S/C11H17N3O4S/c1-13(2)12-11(15)9-6-5-7-10(8-9)19(16,17)14(3)18-4/h5-8H,1-4H3,(H,12,15). The third kappa shape index (κ3) is 3.74. The van der Waals surface area contributed by atoms with E-state index in [-0.39, 0.29) is 16.4 Å². The van der Waals surface area contributed by atoms with E-state index < -0.39 is 10.0 Å².